The summed E-state index contributed by atoms with van der Waals surface area (Å²) in [6.45, 7) is 3.57. The molecule has 1 N–H and O–H groups in total. The average Bonchev–Trinajstić information content (AvgIpc) is 3.04. The molecule has 3 rings (SSSR count). The van der Waals surface area contributed by atoms with E-state index in [1.807, 2.05) is 0 Å². The number of aromatic nitrogens is 1. The van der Waals surface area contributed by atoms with E-state index in [1.165, 1.54) is 6.07 Å². The Hall–Kier alpha value is -2.21. The molecule has 1 aliphatic heterocycles. The highest BCUT2D eigenvalue weighted by molar-refractivity contribution is 5.77. The van der Waals surface area contributed by atoms with E-state index in [2.05, 4.69) is 10.5 Å². The molecule has 0 aliphatic carbocycles. The van der Waals surface area contributed by atoms with Gasteiger partial charge >= 0.3 is 5.97 Å². The van der Waals surface area contributed by atoms with Gasteiger partial charge in [0.2, 0.25) is 0 Å². The summed E-state index contributed by atoms with van der Waals surface area (Å²) in [5, 5.41) is 7.22. The van der Waals surface area contributed by atoms with Crippen molar-refractivity contribution in [2.75, 3.05) is 19.7 Å². The predicted octanol–water partition coefficient (Wildman–Crippen LogP) is 2.96. The number of halogens is 1. The Labute approximate surface area is 140 Å². The zero-order chi connectivity index (χ0) is 17.0. The van der Waals surface area contributed by atoms with Crippen molar-refractivity contribution in [2.24, 2.45) is 5.41 Å². The summed E-state index contributed by atoms with van der Waals surface area (Å²) in [6, 6.07) is 8.12. The number of hydrogen-bond donors (Lipinski definition) is 1. The van der Waals surface area contributed by atoms with Crippen LogP contribution in [0.4, 0.5) is 4.39 Å². The number of carbonyl (C=O) groups excluding carboxylic acids is 1. The topological polar surface area (TPSA) is 64.4 Å². The maximum absolute atomic E-state index is 13.9. The summed E-state index contributed by atoms with van der Waals surface area (Å²) in [6.07, 6.45) is 2.02. The lowest BCUT2D eigenvalue weighted by Gasteiger charge is -2.34. The van der Waals surface area contributed by atoms with Crippen LogP contribution in [0.3, 0.4) is 0 Å². The molecule has 5 nitrogen and oxygen atoms in total. The summed E-state index contributed by atoms with van der Waals surface area (Å²) in [7, 11) is 0. The zero-order valence-electron chi connectivity index (χ0n) is 13.7. The normalized spacial score (nSPS) is 20.8. The number of carbonyl (C=O) groups is 1. The number of esters is 1. The molecule has 1 aromatic heterocycles. The third-order valence-electron chi connectivity index (χ3n) is 4.40. The second kappa shape index (κ2) is 7.13. The van der Waals surface area contributed by atoms with Gasteiger partial charge in [0, 0.05) is 24.6 Å². The summed E-state index contributed by atoms with van der Waals surface area (Å²) in [5.41, 5.74) is 0.172. The van der Waals surface area contributed by atoms with Crippen molar-refractivity contribution in [3.63, 3.8) is 0 Å². The molecule has 0 spiro atoms. The summed E-state index contributed by atoms with van der Waals surface area (Å²) in [4.78, 5) is 12.5. The van der Waals surface area contributed by atoms with Crippen LogP contribution in [0.2, 0.25) is 0 Å². The first-order valence-electron chi connectivity index (χ1n) is 8.23. The monoisotopic (exact) mass is 332 g/mol. The van der Waals surface area contributed by atoms with E-state index in [-0.39, 0.29) is 11.8 Å². The van der Waals surface area contributed by atoms with Crippen molar-refractivity contribution in [3.8, 4) is 11.3 Å². The Balaban J connectivity index is 1.83. The standard InChI is InChI=1S/C18H21FN2O3/c1-2-23-17(22)18(8-5-9-20-12-18)11-13-10-16(21-24-13)14-6-3-4-7-15(14)19/h3-4,6-7,10,20H,2,5,8-9,11-12H2,1H3. The summed E-state index contributed by atoms with van der Waals surface area (Å²) >= 11 is 0. The van der Waals surface area contributed by atoms with Gasteiger partial charge in [-0.3, -0.25) is 4.79 Å². The van der Waals surface area contributed by atoms with Crippen LogP contribution >= 0.6 is 0 Å². The number of benzene rings is 1. The van der Waals surface area contributed by atoms with E-state index in [1.54, 1.807) is 31.2 Å². The molecule has 0 bridgehead atoms. The zero-order valence-corrected chi connectivity index (χ0v) is 13.7. The molecule has 0 radical (unpaired) electrons. The minimum absolute atomic E-state index is 0.221. The first kappa shape index (κ1) is 16.6. The van der Waals surface area contributed by atoms with Crippen molar-refractivity contribution in [1.82, 2.24) is 10.5 Å². The van der Waals surface area contributed by atoms with Crippen LogP contribution in [-0.2, 0) is 16.0 Å². The molecule has 1 aliphatic rings. The number of nitrogens with one attached hydrogen (secondary N) is 1. The van der Waals surface area contributed by atoms with Crippen LogP contribution in [0.25, 0.3) is 11.3 Å². The second-order valence-corrected chi connectivity index (χ2v) is 6.12. The van der Waals surface area contributed by atoms with Crippen LogP contribution in [0.5, 0.6) is 0 Å². The Kier molecular flexibility index (Phi) is 4.94. The van der Waals surface area contributed by atoms with Crippen LogP contribution in [0.1, 0.15) is 25.5 Å². The molecule has 0 amide bonds. The lowest BCUT2D eigenvalue weighted by Crippen LogP contribution is -2.47. The SMILES string of the molecule is CCOC(=O)C1(Cc2cc(-c3ccccc3F)no2)CCCNC1. The fraction of sp³-hybridized carbons (Fsp3) is 0.444. The molecule has 2 heterocycles. The van der Waals surface area contributed by atoms with Gasteiger partial charge in [0.05, 0.1) is 12.0 Å². The summed E-state index contributed by atoms with van der Waals surface area (Å²) < 4.78 is 24.5. The van der Waals surface area contributed by atoms with Gasteiger partial charge in [0.15, 0.2) is 0 Å². The van der Waals surface area contributed by atoms with Gasteiger partial charge in [-0.15, -0.1) is 0 Å². The first-order chi connectivity index (χ1) is 11.6. The number of nitrogens with zero attached hydrogens (tertiary/aromatic N) is 1. The quantitative estimate of drug-likeness (QED) is 0.853. The molecule has 2 aromatic rings. The minimum atomic E-state index is -0.652. The van der Waals surface area contributed by atoms with Crippen molar-refractivity contribution in [3.05, 3.63) is 41.9 Å². The smallest absolute Gasteiger partial charge is 0.313 e. The first-order valence-corrected chi connectivity index (χ1v) is 8.23. The number of piperidine rings is 1. The molecular weight excluding hydrogens is 311 g/mol. The molecule has 24 heavy (non-hydrogen) atoms. The van der Waals surface area contributed by atoms with Crippen molar-refractivity contribution < 1.29 is 18.4 Å². The van der Waals surface area contributed by atoms with Gasteiger partial charge in [-0.1, -0.05) is 17.3 Å². The van der Waals surface area contributed by atoms with Crippen molar-refractivity contribution >= 4 is 5.97 Å². The Bertz CT molecular complexity index is 708. The highest BCUT2D eigenvalue weighted by atomic mass is 19.1. The maximum atomic E-state index is 13.9. The Morgan fingerprint density at radius 3 is 3.00 bits per heavy atom. The highest BCUT2D eigenvalue weighted by Gasteiger charge is 2.42. The van der Waals surface area contributed by atoms with Gasteiger partial charge < -0.3 is 14.6 Å². The fourth-order valence-electron chi connectivity index (χ4n) is 3.17. The third-order valence-corrected chi connectivity index (χ3v) is 4.40. The molecule has 128 valence electrons. The largest absolute Gasteiger partial charge is 0.466 e. The Morgan fingerprint density at radius 2 is 2.29 bits per heavy atom. The van der Waals surface area contributed by atoms with Gasteiger partial charge in [0.25, 0.3) is 0 Å². The molecule has 1 fully saturated rings. The summed E-state index contributed by atoms with van der Waals surface area (Å²) in [5.74, 6) is -0.0113. The van der Waals surface area contributed by atoms with E-state index in [0.29, 0.717) is 36.6 Å². The van der Waals surface area contributed by atoms with Crippen LogP contribution in [0.15, 0.2) is 34.9 Å². The molecule has 1 aromatic carbocycles. The molecule has 1 unspecified atom stereocenters. The fourth-order valence-corrected chi connectivity index (χ4v) is 3.17. The van der Waals surface area contributed by atoms with E-state index in [9.17, 15) is 9.18 Å². The van der Waals surface area contributed by atoms with Gasteiger partial charge in [0.1, 0.15) is 17.3 Å². The highest BCUT2D eigenvalue weighted by Crippen LogP contribution is 2.33. The third kappa shape index (κ3) is 3.33. The van der Waals surface area contributed by atoms with Gasteiger partial charge in [-0.25, -0.2) is 4.39 Å². The molecule has 1 saturated heterocycles. The van der Waals surface area contributed by atoms with E-state index in [0.717, 1.165) is 19.4 Å². The van der Waals surface area contributed by atoms with Crippen LogP contribution in [0, 0.1) is 11.2 Å². The number of rotatable bonds is 5. The lowest BCUT2D eigenvalue weighted by atomic mass is 9.77. The minimum Gasteiger partial charge on any atom is -0.466 e. The van der Waals surface area contributed by atoms with Crippen LogP contribution < -0.4 is 5.32 Å². The van der Waals surface area contributed by atoms with Gasteiger partial charge in [-0.05, 0) is 38.4 Å². The molecule has 1 atom stereocenters. The van der Waals surface area contributed by atoms with Crippen molar-refractivity contribution in [1.29, 1.82) is 0 Å². The molecule has 6 heteroatoms. The second-order valence-electron chi connectivity index (χ2n) is 6.12. The maximum Gasteiger partial charge on any atom is 0.313 e. The molecule has 0 saturated carbocycles. The Morgan fingerprint density at radius 1 is 1.46 bits per heavy atom. The van der Waals surface area contributed by atoms with Crippen LogP contribution in [-0.4, -0.2) is 30.8 Å². The number of hydrogen-bond acceptors (Lipinski definition) is 5. The predicted molar refractivity (Wildman–Crippen MR) is 86.8 cm³/mol. The van der Waals surface area contributed by atoms with Crippen molar-refractivity contribution in [2.45, 2.75) is 26.2 Å². The van der Waals surface area contributed by atoms with E-state index in [4.69, 9.17) is 9.26 Å². The van der Waals surface area contributed by atoms with Gasteiger partial charge in [-0.2, -0.15) is 0 Å². The molecular formula is C18H21FN2O3. The average molecular weight is 332 g/mol. The van der Waals surface area contributed by atoms with E-state index >= 15 is 0 Å². The van der Waals surface area contributed by atoms with E-state index < -0.39 is 5.41 Å². The lowest BCUT2D eigenvalue weighted by molar-refractivity contribution is -0.156. The number of ether oxygens (including phenoxy) is 1.